The maximum Gasteiger partial charge on any atom is 0.293 e. The van der Waals surface area contributed by atoms with Crippen LogP contribution in [0.3, 0.4) is 0 Å². The second kappa shape index (κ2) is 9.73. The van der Waals surface area contributed by atoms with Crippen LogP contribution in [0.4, 0.5) is 4.79 Å². The Balaban J connectivity index is 1.50. The molecule has 2 aliphatic heterocycles. The van der Waals surface area contributed by atoms with Gasteiger partial charge in [-0.2, -0.15) is 0 Å². The van der Waals surface area contributed by atoms with Crippen molar-refractivity contribution in [3.05, 3.63) is 40.8 Å². The Morgan fingerprint density at radius 3 is 2.72 bits per heavy atom. The molecular formula is C21H25N3O4S. The Morgan fingerprint density at radius 1 is 1.24 bits per heavy atom. The zero-order valence-corrected chi connectivity index (χ0v) is 17.2. The van der Waals surface area contributed by atoms with E-state index in [1.54, 1.807) is 11.0 Å². The quantitative estimate of drug-likeness (QED) is 0.722. The fourth-order valence-electron chi connectivity index (χ4n) is 3.47. The fourth-order valence-corrected chi connectivity index (χ4v) is 4.33. The number of nitrogens with one attached hydrogen (secondary N) is 1. The molecule has 29 heavy (non-hydrogen) atoms. The predicted molar refractivity (Wildman–Crippen MR) is 112 cm³/mol. The van der Waals surface area contributed by atoms with Gasteiger partial charge in [-0.05, 0) is 36.2 Å². The van der Waals surface area contributed by atoms with Crippen molar-refractivity contribution in [1.82, 2.24) is 15.1 Å². The van der Waals surface area contributed by atoms with Crippen LogP contribution in [0, 0.1) is 5.92 Å². The molecule has 1 atom stereocenters. The summed E-state index contributed by atoms with van der Waals surface area (Å²) in [5.41, 5.74) is 0.856. The van der Waals surface area contributed by atoms with Gasteiger partial charge in [0.05, 0.1) is 10.8 Å². The lowest BCUT2D eigenvalue weighted by Crippen LogP contribution is -2.46. The number of likely N-dealkylation sites (tertiary alicyclic amines) is 1. The highest BCUT2D eigenvalue weighted by Crippen LogP contribution is 2.31. The molecule has 3 rings (SSSR count). The van der Waals surface area contributed by atoms with Crippen LogP contribution in [0.15, 0.2) is 35.2 Å². The smallest absolute Gasteiger partial charge is 0.293 e. The molecule has 1 aromatic rings. The van der Waals surface area contributed by atoms with Crippen LogP contribution in [-0.4, -0.2) is 58.9 Å². The second-order valence-electron chi connectivity index (χ2n) is 7.07. The van der Waals surface area contributed by atoms with E-state index in [1.807, 2.05) is 37.3 Å². The van der Waals surface area contributed by atoms with Gasteiger partial charge in [-0.15, -0.1) is 0 Å². The van der Waals surface area contributed by atoms with E-state index >= 15 is 0 Å². The summed E-state index contributed by atoms with van der Waals surface area (Å²) >= 11 is 0.911. The van der Waals surface area contributed by atoms with Gasteiger partial charge >= 0.3 is 0 Å². The first-order chi connectivity index (χ1) is 14.0. The standard InChI is InChI=1S/C21H25N3O4S/c1-2-18(25)23-11-6-9-16(14-23)19(26)22-10-12-24-20(27)17(29-21(24)28)13-15-7-4-3-5-8-15/h3-5,7-8,13,16H,2,6,9-12,14H2,1H3,(H,22,26)/b17-13+. The average molecular weight is 416 g/mol. The van der Waals surface area contributed by atoms with Crippen LogP contribution in [-0.2, 0) is 14.4 Å². The van der Waals surface area contributed by atoms with Crippen LogP contribution in [0.2, 0.25) is 0 Å². The molecule has 0 aromatic heterocycles. The van der Waals surface area contributed by atoms with Gasteiger partial charge < -0.3 is 10.2 Å². The van der Waals surface area contributed by atoms with Crippen molar-refractivity contribution in [2.45, 2.75) is 26.2 Å². The summed E-state index contributed by atoms with van der Waals surface area (Å²) in [6, 6.07) is 9.35. The minimum absolute atomic E-state index is 0.0607. The largest absolute Gasteiger partial charge is 0.354 e. The van der Waals surface area contributed by atoms with Gasteiger partial charge in [0.2, 0.25) is 11.8 Å². The van der Waals surface area contributed by atoms with Gasteiger partial charge in [0.1, 0.15) is 0 Å². The molecule has 0 radical (unpaired) electrons. The van der Waals surface area contributed by atoms with E-state index in [2.05, 4.69) is 5.32 Å². The number of rotatable bonds is 6. The van der Waals surface area contributed by atoms with Crippen molar-refractivity contribution in [2.75, 3.05) is 26.2 Å². The summed E-state index contributed by atoms with van der Waals surface area (Å²) < 4.78 is 0. The highest BCUT2D eigenvalue weighted by atomic mass is 32.2. The summed E-state index contributed by atoms with van der Waals surface area (Å²) in [6.45, 7) is 3.27. The van der Waals surface area contributed by atoms with E-state index in [-0.39, 0.29) is 42.0 Å². The maximum absolute atomic E-state index is 12.5. The summed E-state index contributed by atoms with van der Waals surface area (Å²) in [5.74, 6) is -0.654. The van der Waals surface area contributed by atoms with Crippen molar-refractivity contribution in [3.63, 3.8) is 0 Å². The lowest BCUT2D eigenvalue weighted by Gasteiger charge is -2.32. The third kappa shape index (κ3) is 5.26. The van der Waals surface area contributed by atoms with Crippen LogP contribution in [0.1, 0.15) is 31.7 Å². The number of carbonyl (C=O) groups excluding carboxylic acids is 4. The third-order valence-corrected chi connectivity index (χ3v) is 5.96. The van der Waals surface area contributed by atoms with Gasteiger partial charge in [-0.1, -0.05) is 37.3 Å². The minimum Gasteiger partial charge on any atom is -0.354 e. The number of hydrogen-bond donors (Lipinski definition) is 1. The molecule has 2 heterocycles. The highest BCUT2D eigenvalue weighted by molar-refractivity contribution is 8.18. The van der Waals surface area contributed by atoms with E-state index in [9.17, 15) is 19.2 Å². The molecule has 1 N–H and O–H groups in total. The molecule has 0 spiro atoms. The van der Waals surface area contributed by atoms with E-state index < -0.39 is 0 Å². The molecular weight excluding hydrogens is 390 g/mol. The number of carbonyl (C=O) groups is 4. The molecule has 2 aliphatic rings. The fraction of sp³-hybridized carbons (Fsp3) is 0.429. The number of hydrogen-bond acceptors (Lipinski definition) is 5. The summed E-state index contributed by atoms with van der Waals surface area (Å²) in [5, 5.41) is 2.48. The van der Waals surface area contributed by atoms with E-state index in [0.29, 0.717) is 24.4 Å². The van der Waals surface area contributed by atoms with Gasteiger partial charge in [0, 0.05) is 32.6 Å². The Labute approximate surface area is 174 Å². The lowest BCUT2D eigenvalue weighted by molar-refractivity contribution is -0.135. The molecule has 2 fully saturated rings. The highest BCUT2D eigenvalue weighted by Gasteiger charge is 2.35. The number of amides is 4. The molecule has 1 unspecified atom stereocenters. The summed E-state index contributed by atoms with van der Waals surface area (Å²) in [4.78, 5) is 52.3. The van der Waals surface area contributed by atoms with Crippen LogP contribution < -0.4 is 5.32 Å². The summed E-state index contributed by atoms with van der Waals surface area (Å²) in [7, 11) is 0. The maximum atomic E-state index is 12.5. The van der Waals surface area contributed by atoms with Gasteiger partial charge in [0.15, 0.2) is 0 Å². The van der Waals surface area contributed by atoms with Crippen molar-refractivity contribution < 1.29 is 19.2 Å². The van der Waals surface area contributed by atoms with Crippen LogP contribution >= 0.6 is 11.8 Å². The van der Waals surface area contributed by atoms with E-state index in [4.69, 9.17) is 0 Å². The molecule has 0 bridgehead atoms. The van der Waals surface area contributed by atoms with Gasteiger partial charge in [-0.3, -0.25) is 24.1 Å². The number of thioether (sulfide) groups is 1. The second-order valence-corrected chi connectivity index (χ2v) is 8.06. The van der Waals surface area contributed by atoms with Crippen molar-refractivity contribution in [1.29, 1.82) is 0 Å². The van der Waals surface area contributed by atoms with Crippen molar-refractivity contribution >= 4 is 40.8 Å². The number of imide groups is 1. The minimum atomic E-state index is -0.338. The molecule has 7 nitrogen and oxygen atoms in total. The monoisotopic (exact) mass is 415 g/mol. The van der Waals surface area contributed by atoms with Gasteiger partial charge in [0.25, 0.3) is 11.1 Å². The Bertz CT molecular complexity index is 824. The zero-order valence-electron chi connectivity index (χ0n) is 16.4. The molecule has 4 amide bonds. The molecule has 2 saturated heterocycles. The lowest BCUT2D eigenvalue weighted by atomic mass is 9.97. The van der Waals surface area contributed by atoms with E-state index in [0.717, 1.165) is 35.1 Å². The molecule has 0 aliphatic carbocycles. The van der Waals surface area contributed by atoms with Crippen molar-refractivity contribution in [2.24, 2.45) is 5.92 Å². The third-order valence-electron chi connectivity index (χ3n) is 5.05. The summed E-state index contributed by atoms with van der Waals surface area (Å²) in [6.07, 6.45) is 3.67. The first kappa shape index (κ1) is 21.1. The molecule has 154 valence electrons. The molecule has 1 aromatic carbocycles. The topological polar surface area (TPSA) is 86.8 Å². The van der Waals surface area contributed by atoms with Crippen LogP contribution in [0.5, 0.6) is 0 Å². The van der Waals surface area contributed by atoms with Gasteiger partial charge in [-0.25, -0.2) is 0 Å². The average Bonchev–Trinajstić information content (AvgIpc) is 3.01. The SMILES string of the molecule is CCC(=O)N1CCCC(C(=O)NCCN2C(=O)S/C(=C/c3ccccc3)C2=O)C1. The normalized spacial score (nSPS) is 21.0. The molecule has 8 heteroatoms. The Kier molecular flexibility index (Phi) is 7.09. The predicted octanol–water partition coefficient (Wildman–Crippen LogP) is 2.49. The van der Waals surface area contributed by atoms with Crippen molar-refractivity contribution in [3.8, 4) is 0 Å². The van der Waals surface area contributed by atoms with Crippen LogP contribution in [0.25, 0.3) is 6.08 Å². The molecule has 0 saturated carbocycles. The Morgan fingerprint density at radius 2 is 2.00 bits per heavy atom. The van der Waals surface area contributed by atoms with E-state index in [1.165, 1.54) is 0 Å². The Hall–Kier alpha value is -2.61. The number of piperidine rings is 1. The number of benzene rings is 1. The first-order valence-corrected chi connectivity index (χ1v) is 10.7. The number of nitrogens with zero attached hydrogens (tertiary/aromatic N) is 2. The first-order valence-electron chi connectivity index (χ1n) is 9.85. The zero-order chi connectivity index (χ0) is 20.8.